The van der Waals surface area contributed by atoms with E-state index in [2.05, 4.69) is 15.5 Å². The van der Waals surface area contributed by atoms with Gasteiger partial charge in [0.05, 0.1) is 11.6 Å². The first-order chi connectivity index (χ1) is 12.2. The normalized spacial score (nSPS) is 17.2. The van der Waals surface area contributed by atoms with Crippen molar-refractivity contribution in [1.82, 2.24) is 24.9 Å². The SMILES string of the molecule is CCOCCCNC(=O)N1CCC(c2nc(-c3cccn3C)no2)C1. The first kappa shape index (κ1) is 17.5. The summed E-state index contributed by atoms with van der Waals surface area (Å²) in [5.74, 6) is 1.28. The molecule has 1 aliphatic rings. The molecule has 1 atom stereocenters. The maximum absolute atomic E-state index is 12.2. The third-order valence-electron chi connectivity index (χ3n) is 4.39. The van der Waals surface area contributed by atoms with Crippen LogP contribution in [0.4, 0.5) is 4.79 Å². The van der Waals surface area contributed by atoms with Gasteiger partial charge >= 0.3 is 6.03 Å². The highest BCUT2D eigenvalue weighted by molar-refractivity contribution is 5.74. The molecule has 0 aromatic carbocycles. The lowest BCUT2D eigenvalue weighted by Gasteiger charge is -2.16. The lowest BCUT2D eigenvalue weighted by molar-refractivity contribution is 0.144. The summed E-state index contributed by atoms with van der Waals surface area (Å²) < 4.78 is 12.6. The van der Waals surface area contributed by atoms with E-state index in [-0.39, 0.29) is 11.9 Å². The van der Waals surface area contributed by atoms with Crippen LogP contribution < -0.4 is 5.32 Å². The summed E-state index contributed by atoms with van der Waals surface area (Å²) in [7, 11) is 1.94. The van der Waals surface area contributed by atoms with E-state index in [0.717, 1.165) is 18.5 Å². The van der Waals surface area contributed by atoms with Gasteiger partial charge in [0.2, 0.25) is 11.7 Å². The van der Waals surface area contributed by atoms with E-state index in [1.807, 2.05) is 36.9 Å². The molecule has 136 valence electrons. The van der Waals surface area contributed by atoms with Gasteiger partial charge in [0.1, 0.15) is 0 Å². The van der Waals surface area contributed by atoms with Gasteiger partial charge in [0.25, 0.3) is 0 Å². The first-order valence-electron chi connectivity index (χ1n) is 8.75. The second kappa shape index (κ2) is 8.15. The van der Waals surface area contributed by atoms with Crippen molar-refractivity contribution in [2.45, 2.75) is 25.7 Å². The van der Waals surface area contributed by atoms with Crippen LogP contribution in [0.2, 0.25) is 0 Å². The molecule has 0 radical (unpaired) electrons. The molecule has 3 rings (SSSR count). The van der Waals surface area contributed by atoms with E-state index in [1.54, 1.807) is 4.90 Å². The number of aryl methyl sites for hydroxylation is 1. The average molecular weight is 347 g/mol. The van der Waals surface area contributed by atoms with Crippen molar-refractivity contribution < 1.29 is 14.1 Å². The number of urea groups is 1. The van der Waals surface area contributed by atoms with Crippen LogP contribution in [0.15, 0.2) is 22.9 Å². The van der Waals surface area contributed by atoms with Gasteiger partial charge in [-0.05, 0) is 31.9 Å². The average Bonchev–Trinajstić information content (AvgIpc) is 3.33. The summed E-state index contributed by atoms with van der Waals surface area (Å²) in [5, 5.41) is 7.00. The van der Waals surface area contributed by atoms with E-state index in [1.165, 1.54) is 0 Å². The summed E-state index contributed by atoms with van der Waals surface area (Å²) >= 11 is 0. The molecule has 1 aliphatic heterocycles. The fourth-order valence-corrected chi connectivity index (χ4v) is 2.97. The Hall–Kier alpha value is -2.35. The molecule has 1 fully saturated rings. The van der Waals surface area contributed by atoms with Crippen molar-refractivity contribution in [3.8, 4) is 11.5 Å². The van der Waals surface area contributed by atoms with Gasteiger partial charge in [-0.2, -0.15) is 4.98 Å². The number of amides is 2. The van der Waals surface area contributed by atoms with Gasteiger partial charge in [0.15, 0.2) is 0 Å². The number of nitrogens with one attached hydrogen (secondary N) is 1. The molecule has 1 N–H and O–H groups in total. The van der Waals surface area contributed by atoms with Gasteiger partial charge in [-0.15, -0.1) is 0 Å². The van der Waals surface area contributed by atoms with E-state index >= 15 is 0 Å². The maximum Gasteiger partial charge on any atom is 0.317 e. The van der Waals surface area contributed by atoms with E-state index in [0.29, 0.717) is 44.6 Å². The van der Waals surface area contributed by atoms with Gasteiger partial charge in [-0.3, -0.25) is 0 Å². The van der Waals surface area contributed by atoms with Crippen molar-refractivity contribution in [1.29, 1.82) is 0 Å². The highest BCUT2D eigenvalue weighted by Crippen LogP contribution is 2.27. The Labute approximate surface area is 147 Å². The third kappa shape index (κ3) is 4.19. The lowest BCUT2D eigenvalue weighted by Crippen LogP contribution is -2.39. The highest BCUT2D eigenvalue weighted by Gasteiger charge is 2.31. The molecule has 1 saturated heterocycles. The van der Waals surface area contributed by atoms with Crippen molar-refractivity contribution in [3.05, 3.63) is 24.2 Å². The van der Waals surface area contributed by atoms with Crippen LogP contribution in [0.5, 0.6) is 0 Å². The second-order valence-corrected chi connectivity index (χ2v) is 6.17. The second-order valence-electron chi connectivity index (χ2n) is 6.17. The van der Waals surface area contributed by atoms with E-state index in [4.69, 9.17) is 9.26 Å². The Morgan fingerprint density at radius 3 is 3.16 bits per heavy atom. The summed E-state index contributed by atoms with van der Waals surface area (Å²) in [6.07, 6.45) is 3.60. The fourth-order valence-electron chi connectivity index (χ4n) is 2.97. The van der Waals surface area contributed by atoms with Crippen LogP contribution in [0.25, 0.3) is 11.5 Å². The Morgan fingerprint density at radius 1 is 1.52 bits per heavy atom. The van der Waals surface area contributed by atoms with Crippen molar-refractivity contribution >= 4 is 6.03 Å². The van der Waals surface area contributed by atoms with Gasteiger partial charge in [0, 0.05) is 46.1 Å². The van der Waals surface area contributed by atoms with Crippen molar-refractivity contribution in [2.24, 2.45) is 7.05 Å². The summed E-state index contributed by atoms with van der Waals surface area (Å²) in [6.45, 7) is 5.26. The van der Waals surface area contributed by atoms with E-state index < -0.39 is 0 Å². The minimum Gasteiger partial charge on any atom is -0.382 e. The van der Waals surface area contributed by atoms with Crippen LogP contribution in [-0.4, -0.2) is 58.5 Å². The number of aromatic nitrogens is 3. The van der Waals surface area contributed by atoms with E-state index in [9.17, 15) is 4.79 Å². The summed E-state index contributed by atoms with van der Waals surface area (Å²) in [4.78, 5) is 18.5. The predicted molar refractivity (Wildman–Crippen MR) is 92.1 cm³/mol. The van der Waals surface area contributed by atoms with Crippen LogP contribution in [0.1, 0.15) is 31.6 Å². The predicted octanol–water partition coefficient (Wildman–Crippen LogP) is 2.00. The Balaban J connectivity index is 1.50. The number of ether oxygens (including phenoxy) is 1. The number of likely N-dealkylation sites (tertiary alicyclic amines) is 1. The molecule has 25 heavy (non-hydrogen) atoms. The van der Waals surface area contributed by atoms with Gasteiger partial charge in [-0.25, -0.2) is 4.79 Å². The minimum atomic E-state index is -0.0406. The molecule has 8 heteroatoms. The molecule has 1 unspecified atom stereocenters. The number of carbonyl (C=O) groups is 1. The molecule has 0 aliphatic carbocycles. The zero-order valence-electron chi connectivity index (χ0n) is 14.8. The Bertz CT molecular complexity index is 696. The fraction of sp³-hybridized carbons (Fsp3) is 0.588. The number of rotatable bonds is 7. The quantitative estimate of drug-likeness (QED) is 0.774. The molecule has 2 aromatic heterocycles. The maximum atomic E-state index is 12.2. The Morgan fingerprint density at radius 2 is 2.40 bits per heavy atom. The zero-order valence-corrected chi connectivity index (χ0v) is 14.8. The molecule has 2 aromatic rings. The standard InChI is InChI=1S/C17H25N5O3/c1-3-24-11-5-8-18-17(23)22-10-7-13(12-22)16-19-15(20-25-16)14-6-4-9-21(14)2/h4,6,9,13H,3,5,7-8,10-12H2,1-2H3,(H,18,23). The lowest BCUT2D eigenvalue weighted by atomic mass is 10.1. The largest absolute Gasteiger partial charge is 0.382 e. The molecule has 3 heterocycles. The molecular weight excluding hydrogens is 322 g/mol. The molecule has 0 bridgehead atoms. The number of carbonyl (C=O) groups excluding carboxylic acids is 1. The first-order valence-corrected chi connectivity index (χ1v) is 8.75. The van der Waals surface area contributed by atoms with Crippen LogP contribution in [-0.2, 0) is 11.8 Å². The number of hydrogen-bond acceptors (Lipinski definition) is 5. The molecular formula is C17H25N5O3. The summed E-state index contributed by atoms with van der Waals surface area (Å²) in [5.41, 5.74) is 0.914. The minimum absolute atomic E-state index is 0.0406. The van der Waals surface area contributed by atoms with Crippen LogP contribution in [0, 0.1) is 0 Å². The topological polar surface area (TPSA) is 85.4 Å². The summed E-state index contributed by atoms with van der Waals surface area (Å²) in [6, 6.07) is 3.85. The molecule has 0 spiro atoms. The monoisotopic (exact) mass is 347 g/mol. The van der Waals surface area contributed by atoms with Crippen molar-refractivity contribution in [3.63, 3.8) is 0 Å². The third-order valence-corrected chi connectivity index (χ3v) is 4.39. The molecule has 2 amide bonds. The highest BCUT2D eigenvalue weighted by atomic mass is 16.5. The zero-order chi connectivity index (χ0) is 17.6. The smallest absolute Gasteiger partial charge is 0.317 e. The molecule has 0 saturated carbocycles. The number of nitrogens with zero attached hydrogens (tertiary/aromatic N) is 4. The van der Waals surface area contributed by atoms with Crippen LogP contribution >= 0.6 is 0 Å². The molecule has 8 nitrogen and oxygen atoms in total. The Kier molecular flexibility index (Phi) is 5.70. The van der Waals surface area contributed by atoms with Gasteiger partial charge in [-0.1, -0.05) is 5.16 Å². The van der Waals surface area contributed by atoms with Gasteiger partial charge < -0.3 is 24.0 Å². The van der Waals surface area contributed by atoms with Crippen LogP contribution in [0.3, 0.4) is 0 Å². The van der Waals surface area contributed by atoms with Crippen molar-refractivity contribution in [2.75, 3.05) is 32.8 Å². The number of hydrogen-bond donors (Lipinski definition) is 1.